The molecular formula is C16H21N5O2S. The fourth-order valence-electron chi connectivity index (χ4n) is 2.15. The van der Waals surface area contributed by atoms with Crippen LogP contribution in [0, 0.1) is 13.8 Å². The summed E-state index contributed by atoms with van der Waals surface area (Å²) in [6.07, 6.45) is 0.783. The summed E-state index contributed by atoms with van der Waals surface area (Å²) in [5.41, 5.74) is 2.04. The Labute approximate surface area is 144 Å². The van der Waals surface area contributed by atoms with Gasteiger partial charge < -0.3 is 11.2 Å². The van der Waals surface area contributed by atoms with Gasteiger partial charge in [0, 0.05) is 0 Å². The van der Waals surface area contributed by atoms with Gasteiger partial charge in [-0.25, -0.2) is 0 Å². The van der Waals surface area contributed by atoms with E-state index >= 15 is 0 Å². The van der Waals surface area contributed by atoms with Gasteiger partial charge in [0.25, 0.3) is 5.56 Å². The molecule has 128 valence electrons. The summed E-state index contributed by atoms with van der Waals surface area (Å²) in [6, 6.07) is 8.02. The lowest BCUT2D eigenvalue weighted by molar-refractivity contribution is -0.119. The van der Waals surface area contributed by atoms with Crippen molar-refractivity contribution < 1.29 is 4.79 Å². The molecule has 0 aliphatic heterocycles. The molecule has 0 unspecified atom stereocenters. The van der Waals surface area contributed by atoms with Gasteiger partial charge in [-0.1, -0.05) is 48.5 Å². The van der Waals surface area contributed by atoms with E-state index in [-0.39, 0.29) is 28.6 Å². The third-order valence-corrected chi connectivity index (χ3v) is 4.52. The highest BCUT2D eigenvalue weighted by molar-refractivity contribution is 7.99. The third kappa shape index (κ3) is 4.35. The van der Waals surface area contributed by atoms with E-state index in [0.29, 0.717) is 0 Å². The van der Waals surface area contributed by atoms with Gasteiger partial charge in [-0.2, -0.15) is 4.68 Å². The van der Waals surface area contributed by atoms with Gasteiger partial charge in [0.1, 0.15) is 5.69 Å². The second-order valence-electron chi connectivity index (χ2n) is 5.47. The molecule has 0 bridgehead atoms. The molecule has 1 amide bonds. The summed E-state index contributed by atoms with van der Waals surface area (Å²) < 4.78 is 0.914. The number of nitrogens with one attached hydrogen (secondary N) is 1. The lowest BCUT2D eigenvalue weighted by atomic mass is 10.0. The first kappa shape index (κ1) is 18.0. The number of thioether (sulfide) groups is 1. The van der Waals surface area contributed by atoms with E-state index in [9.17, 15) is 9.59 Å². The molecule has 8 heteroatoms. The number of carbonyl (C=O) groups excluding carboxylic acids is 1. The topological polar surface area (TPSA) is 103 Å². The van der Waals surface area contributed by atoms with Gasteiger partial charge >= 0.3 is 0 Å². The Morgan fingerprint density at radius 3 is 2.58 bits per heavy atom. The fraction of sp³-hybridized carbons (Fsp3) is 0.375. The predicted octanol–water partition coefficient (Wildman–Crippen LogP) is 1.33. The van der Waals surface area contributed by atoms with Crippen molar-refractivity contribution in [3.8, 4) is 0 Å². The molecule has 0 aliphatic rings. The number of amides is 1. The molecule has 7 nitrogen and oxygen atoms in total. The zero-order valence-corrected chi connectivity index (χ0v) is 14.8. The van der Waals surface area contributed by atoms with Crippen molar-refractivity contribution >= 4 is 17.7 Å². The van der Waals surface area contributed by atoms with E-state index in [4.69, 9.17) is 5.84 Å². The molecule has 0 fully saturated rings. The van der Waals surface area contributed by atoms with Crippen LogP contribution in [0.2, 0.25) is 0 Å². The third-order valence-electron chi connectivity index (χ3n) is 3.58. The number of hydrogen-bond donors (Lipinski definition) is 2. The molecule has 2 aromatic rings. The maximum absolute atomic E-state index is 12.2. The molecule has 2 rings (SSSR count). The highest BCUT2D eigenvalue weighted by Gasteiger charge is 2.14. The Kier molecular flexibility index (Phi) is 5.97. The van der Waals surface area contributed by atoms with Gasteiger partial charge in [-0.3, -0.25) is 9.59 Å². The lowest BCUT2D eigenvalue weighted by Gasteiger charge is -2.17. The summed E-state index contributed by atoms with van der Waals surface area (Å²) in [6.45, 7) is 5.57. The van der Waals surface area contributed by atoms with Gasteiger partial charge in [-0.05, 0) is 25.8 Å². The number of hydrogen-bond acceptors (Lipinski definition) is 6. The number of aromatic nitrogens is 3. The van der Waals surface area contributed by atoms with Crippen LogP contribution in [0.25, 0.3) is 0 Å². The average Bonchev–Trinajstić information content (AvgIpc) is 2.58. The van der Waals surface area contributed by atoms with Gasteiger partial charge in [0.2, 0.25) is 11.1 Å². The van der Waals surface area contributed by atoms with E-state index < -0.39 is 5.56 Å². The minimum atomic E-state index is -0.418. The first-order chi connectivity index (χ1) is 11.4. The van der Waals surface area contributed by atoms with Gasteiger partial charge in [-0.15, -0.1) is 10.2 Å². The van der Waals surface area contributed by atoms with Crippen molar-refractivity contribution in [1.29, 1.82) is 0 Å². The van der Waals surface area contributed by atoms with E-state index in [0.717, 1.165) is 28.4 Å². The zero-order valence-electron chi connectivity index (χ0n) is 13.9. The average molecular weight is 347 g/mol. The molecule has 0 radical (unpaired) electrons. The number of aryl methyl sites for hydroxylation is 2. The lowest BCUT2D eigenvalue weighted by Crippen LogP contribution is -2.33. The molecule has 0 aliphatic carbocycles. The number of carbonyl (C=O) groups is 1. The maximum Gasteiger partial charge on any atom is 0.294 e. The number of nitrogens with zero attached hydrogens (tertiary/aromatic N) is 3. The first-order valence-electron chi connectivity index (χ1n) is 7.62. The van der Waals surface area contributed by atoms with E-state index in [1.807, 2.05) is 38.1 Å². The molecule has 1 aromatic heterocycles. The molecule has 24 heavy (non-hydrogen) atoms. The monoisotopic (exact) mass is 347 g/mol. The number of benzene rings is 1. The van der Waals surface area contributed by atoms with Crippen molar-refractivity contribution in [3.05, 3.63) is 51.4 Å². The van der Waals surface area contributed by atoms with Crippen molar-refractivity contribution in [2.24, 2.45) is 0 Å². The largest absolute Gasteiger partial charge is 0.349 e. The second-order valence-corrected chi connectivity index (χ2v) is 6.41. The Hall–Kier alpha value is -2.35. The first-order valence-corrected chi connectivity index (χ1v) is 8.61. The van der Waals surface area contributed by atoms with E-state index in [1.54, 1.807) is 0 Å². The summed E-state index contributed by atoms with van der Waals surface area (Å²) >= 11 is 1.08. The van der Waals surface area contributed by atoms with Crippen LogP contribution in [0.3, 0.4) is 0 Å². The molecule has 3 N–H and O–H groups in total. The minimum Gasteiger partial charge on any atom is -0.349 e. The Morgan fingerprint density at radius 2 is 1.96 bits per heavy atom. The summed E-state index contributed by atoms with van der Waals surface area (Å²) in [7, 11) is 0. The quantitative estimate of drug-likeness (QED) is 0.604. The van der Waals surface area contributed by atoms with Crippen LogP contribution < -0.4 is 16.7 Å². The van der Waals surface area contributed by atoms with Crippen LogP contribution in [-0.2, 0) is 4.79 Å². The predicted molar refractivity (Wildman–Crippen MR) is 94.3 cm³/mol. The Balaban J connectivity index is 1.98. The minimum absolute atomic E-state index is 0.0529. The van der Waals surface area contributed by atoms with Gasteiger partial charge in [0.05, 0.1) is 11.8 Å². The maximum atomic E-state index is 12.2. The van der Waals surface area contributed by atoms with Crippen LogP contribution in [0.4, 0.5) is 0 Å². The molecule has 0 saturated heterocycles. The standard InChI is InChI=1S/C16H21N5O2S/c1-4-13(12-7-5-10(2)6-8-12)18-14(22)9-24-16-20-19-11(3)15(23)21(16)17/h5-8,13H,4,9,17H2,1-3H3,(H,18,22)/t13-/m0/s1. The number of rotatable bonds is 6. The molecule has 0 spiro atoms. The molecule has 1 heterocycles. The van der Waals surface area contributed by atoms with E-state index in [1.165, 1.54) is 12.5 Å². The zero-order chi connectivity index (χ0) is 17.7. The van der Waals surface area contributed by atoms with Crippen LogP contribution in [-0.4, -0.2) is 26.5 Å². The van der Waals surface area contributed by atoms with Crippen molar-refractivity contribution in [3.63, 3.8) is 0 Å². The molecular weight excluding hydrogens is 326 g/mol. The van der Waals surface area contributed by atoms with E-state index in [2.05, 4.69) is 15.5 Å². The molecule has 0 saturated carbocycles. The molecule has 1 aromatic carbocycles. The van der Waals surface area contributed by atoms with Crippen molar-refractivity contribution in [2.45, 2.75) is 38.4 Å². The summed E-state index contributed by atoms with van der Waals surface area (Å²) in [5.74, 6) is 5.61. The second kappa shape index (κ2) is 7.96. The Morgan fingerprint density at radius 1 is 1.29 bits per heavy atom. The smallest absolute Gasteiger partial charge is 0.294 e. The van der Waals surface area contributed by atoms with Crippen LogP contribution in [0.1, 0.15) is 36.2 Å². The summed E-state index contributed by atoms with van der Waals surface area (Å²) in [4.78, 5) is 23.9. The SMILES string of the molecule is CC[C@H](NC(=O)CSc1nnc(C)c(=O)n1N)c1ccc(C)cc1. The van der Waals surface area contributed by atoms with Crippen molar-refractivity contribution in [2.75, 3.05) is 11.6 Å². The van der Waals surface area contributed by atoms with Crippen LogP contribution in [0.15, 0.2) is 34.2 Å². The number of nitrogen functional groups attached to an aromatic ring is 1. The summed E-state index contributed by atoms with van der Waals surface area (Å²) in [5, 5.41) is 10.8. The van der Waals surface area contributed by atoms with Crippen molar-refractivity contribution in [1.82, 2.24) is 20.2 Å². The number of nitrogens with two attached hydrogens (primary N) is 1. The highest BCUT2D eigenvalue weighted by Crippen LogP contribution is 2.18. The molecule has 1 atom stereocenters. The normalized spacial score (nSPS) is 12.0. The van der Waals surface area contributed by atoms with Crippen LogP contribution >= 0.6 is 11.8 Å². The van der Waals surface area contributed by atoms with Gasteiger partial charge in [0.15, 0.2) is 0 Å². The Bertz CT molecular complexity index is 773. The fourth-order valence-corrected chi connectivity index (χ4v) is 2.82. The highest BCUT2D eigenvalue weighted by atomic mass is 32.2. The van der Waals surface area contributed by atoms with Crippen LogP contribution in [0.5, 0.6) is 0 Å².